The Morgan fingerprint density at radius 1 is 1.41 bits per heavy atom. The molecule has 1 aromatic carbocycles. The second-order valence-electron chi connectivity index (χ2n) is 3.68. The standard InChI is InChI=1S/C13H15NO3/c1-2-3-4-5-10-13(15)11-8-6-7-9-12(11)14(16)17/h5-10H,2-4H2,1H3/b10-5+. The average Bonchev–Trinajstić information content (AvgIpc) is 2.34. The molecule has 0 spiro atoms. The number of carbonyl (C=O) groups is 1. The fourth-order valence-electron chi connectivity index (χ4n) is 1.44. The third-order valence-electron chi connectivity index (χ3n) is 2.36. The number of para-hydroxylation sites is 1. The molecular weight excluding hydrogens is 218 g/mol. The zero-order valence-corrected chi connectivity index (χ0v) is 9.76. The molecule has 0 heterocycles. The molecule has 0 saturated carbocycles. The molecule has 0 radical (unpaired) electrons. The minimum atomic E-state index is -0.535. The van der Waals surface area contributed by atoms with Crippen molar-refractivity contribution in [1.82, 2.24) is 0 Å². The number of allylic oxidation sites excluding steroid dienone is 2. The van der Waals surface area contributed by atoms with Gasteiger partial charge in [0.1, 0.15) is 0 Å². The van der Waals surface area contributed by atoms with E-state index >= 15 is 0 Å². The number of hydrogen-bond donors (Lipinski definition) is 0. The molecule has 0 unspecified atom stereocenters. The first-order valence-corrected chi connectivity index (χ1v) is 5.61. The lowest BCUT2D eigenvalue weighted by atomic mass is 10.1. The van der Waals surface area contributed by atoms with Crippen molar-refractivity contribution in [2.75, 3.05) is 0 Å². The number of carbonyl (C=O) groups excluding carboxylic acids is 1. The van der Waals surface area contributed by atoms with E-state index in [0.717, 1.165) is 19.3 Å². The van der Waals surface area contributed by atoms with Crippen LogP contribution >= 0.6 is 0 Å². The maximum atomic E-state index is 11.7. The van der Waals surface area contributed by atoms with Crippen LogP contribution in [0.4, 0.5) is 5.69 Å². The second-order valence-corrected chi connectivity index (χ2v) is 3.68. The first kappa shape index (κ1) is 13.1. The lowest BCUT2D eigenvalue weighted by Gasteiger charge is -1.97. The van der Waals surface area contributed by atoms with Gasteiger partial charge < -0.3 is 0 Å². The number of hydrogen-bond acceptors (Lipinski definition) is 3. The van der Waals surface area contributed by atoms with Crippen molar-refractivity contribution < 1.29 is 9.72 Å². The molecule has 0 fully saturated rings. The van der Waals surface area contributed by atoms with Crippen molar-refractivity contribution >= 4 is 11.5 Å². The third kappa shape index (κ3) is 3.83. The lowest BCUT2D eigenvalue weighted by molar-refractivity contribution is -0.385. The van der Waals surface area contributed by atoms with E-state index in [1.54, 1.807) is 18.2 Å². The second kappa shape index (κ2) is 6.58. The van der Waals surface area contributed by atoms with Gasteiger partial charge in [-0.2, -0.15) is 0 Å². The Balaban J connectivity index is 2.82. The van der Waals surface area contributed by atoms with Crippen LogP contribution in [0.25, 0.3) is 0 Å². The topological polar surface area (TPSA) is 60.2 Å². The fourth-order valence-corrected chi connectivity index (χ4v) is 1.44. The highest BCUT2D eigenvalue weighted by molar-refractivity contribution is 6.07. The number of nitro benzene ring substituents is 1. The molecule has 0 aliphatic rings. The highest BCUT2D eigenvalue weighted by Crippen LogP contribution is 2.18. The normalized spacial score (nSPS) is 10.6. The Labute approximate surface area is 100 Å². The summed E-state index contributed by atoms with van der Waals surface area (Å²) >= 11 is 0. The zero-order valence-electron chi connectivity index (χ0n) is 9.76. The molecule has 17 heavy (non-hydrogen) atoms. The van der Waals surface area contributed by atoms with Gasteiger partial charge in [-0.25, -0.2) is 0 Å². The summed E-state index contributed by atoms with van der Waals surface area (Å²) in [6.45, 7) is 2.07. The van der Waals surface area contributed by atoms with Gasteiger partial charge in [0.05, 0.1) is 10.5 Å². The Bertz CT molecular complexity index is 438. The Kier molecular flexibility index (Phi) is 5.07. The fraction of sp³-hybridized carbons (Fsp3) is 0.308. The van der Waals surface area contributed by atoms with Crippen molar-refractivity contribution in [1.29, 1.82) is 0 Å². The first-order chi connectivity index (χ1) is 8.16. The number of nitrogens with zero attached hydrogens (tertiary/aromatic N) is 1. The molecule has 0 bridgehead atoms. The Morgan fingerprint density at radius 2 is 2.12 bits per heavy atom. The molecule has 4 heteroatoms. The minimum absolute atomic E-state index is 0.141. The van der Waals surface area contributed by atoms with Crippen molar-refractivity contribution in [3.63, 3.8) is 0 Å². The number of benzene rings is 1. The number of ketones is 1. The van der Waals surface area contributed by atoms with Crippen molar-refractivity contribution in [2.45, 2.75) is 26.2 Å². The summed E-state index contributed by atoms with van der Waals surface area (Å²) in [6, 6.07) is 5.99. The Hall–Kier alpha value is -1.97. The summed E-state index contributed by atoms with van der Waals surface area (Å²) in [6.07, 6.45) is 6.08. The van der Waals surface area contributed by atoms with E-state index in [-0.39, 0.29) is 17.0 Å². The summed E-state index contributed by atoms with van der Waals surface area (Å²) in [5.41, 5.74) is 0.00268. The number of unbranched alkanes of at least 4 members (excludes halogenated alkanes) is 2. The van der Waals surface area contributed by atoms with E-state index in [9.17, 15) is 14.9 Å². The molecule has 1 rings (SSSR count). The average molecular weight is 233 g/mol. The largest absolute Gasteiger partial charge is 0.289 e. The summed E-state index contributed by atoms with van der Waals surface area (Å²) in [5, 5.41) is 10.7. The van der Waals surface area contributed by atoms with Crippen LogP contribution in [0.2, 0.25) is 0 Å². The van der Waals surface area contributed by atoms with E-state index in [1.165, 1.54) is 18.2 Å². The van der Waals surface area contributed by atoms with Gasteiger partial charge in [0.25, 0.3) is 5.69 Å². The number of rotatable bonds is 6. The molecule has 0 saturated heterocycles. The van der Waals surface area contributed by atoms with Gasteiger partial charge in [-0.05, 0) is 18.6 Å². The van der Waals surface area contributed by atoms with Gasteiger partial charge in [0.2, 0.25) is 0 Å². The van der Waals surface area contributed by atoms with Gasteiger partial charge in [0.15, 0.2) is 5.78 Å². The van der Waals surface area contributed by atoms with Gasteiger partial charge in [-0.3, -0.25) is 14.9 Å². The van der Waals surface area contributed by atoms with Crippen LogP contribution in [-0.2, 0) is 0 Å². The molecule has 0 aliphatic carbocycles. The summed E-state index contributed by atoms with van der Waals surface area (Å²) < 4.78 is 0. The van der Waals surface area contributed by atoms with E-state index in [1.807, 2.05) is 0 Å². The SMILES string of the molecule is CCCC/C=C/C(=O)c1ccccc1[N+](=O)[O-]. The molecule has 4 nitrogen and oxygen atoms in total. The molecule has 0 N–H and O–H groups in total. The summed E-state index contributed by atoms with van der Waals surface area (Å²) in [5.74, 6) is -0.312. The zero-order chi connectivity index (χ0) is 12.7. The van der Waals surface area contributed by atoms with Gasteiger partial charge in [-0.1, -0.05) is 38.0 Å². The van der Waals surface area contributed by atoms with Crippen LogP contribution < -0.4 is 0 Å². The van der Waals surface area contributed by atoms with Crippen molar-refractivity contribution in [3.05, 3.63) is 52.1 Å². The van der Waals surface area contributed by atoms with Crippen LogP contribution in [-0.4, -0.2) is 10.7 Å². The van der Waals surface area contributed by atoms with Crippen LogP contribution in [0.5, 0.6) is 0 Å². The van der Waals surface area contributed by atoms with Gasteiger partial charge >= 0.3 is 0 Å². The number of nitro groups is 1. The molecular formula is C13H15NO3. The smallest absolute Gasteiger partial charge is 0.280 e. The van der Waals surface area contributed by atoms with E-state index in [0.29, 0.717) is 0 Å². The van der Waals surface area contributed by atoms with Crippen molar-refractivity contribution in [2.24, 2.45) is 0 Å². The summed E-state index contributed by atoms with van der Waals surface area (Å²) in [7, 11) is 0. The first-order valence-electron chi connectivity index (χ1n) is 5.61. The maximum absolute atomic E-state index is 11.7. The third-order valence-corrected chi connectivity index (χ3v) is 2.36. The molecule has 1 aromatic rings. The quantitative estimate of drug-likeness (QED) is 0.248. The lowest BCUT2D eigenvalue weighted by Crippen LogP contribution is -2.00. The van der Waals surface area contributed by atoms with Crippen LogP contribution in [0, 0.1) is 10.1 Å². The van der Waals surface area contributed by atoms with E-state index in [4.69, 9.17) is 0 Å². The van der Waals surface area contributed by atoms with Gasteiger partial charge in [-0.15, -0.1) is 0 Å². The van der Waals surface area contributed by atoms with Gasteiger partial charge in [0, 0.05) is 6.07 Å². The summed E-state index contributed by atoms with van der Waals surface area (Å²) in [4.78, 5) is 21.9. The highest BCUT2D eigenvalue weighted by Gasteiger charge is 2.16. The predicted molar refractivity (Wildman–Crippen MR) is 66.1 cm³/mol. The van der Waals surface area contributed by atoms with Crippen molar-refractivity contribution in [3.8, 4) is 0 Å². The molecule has 90 valence electrons. The van der Waals surface area contributed by atoms with Crippen LogP contribution in [0.1, 0.15) is 36.5 Å². The van der Waals surface area contributed by atoms with E-state index < -0.39 is 4.92 Å². The highest BCUT2D eigenvalue weighted by atomic mass is 16.6. The molecule has 0 aromatic heterocycles. The monoisotopic (exact) mass is 233 g/mol. The Morgan fingerprint density at radius 3 is 2.76 bits per heavy atom. The van der Waals surface area contributed by atoms with Crippen LogP contribution in [0.3, 0.4) is 0 Å². The molecule has 0 atom stereocenters. The minimum Gasteiger partial charge on any atom is -0.289 e. The molecule has 0 aliphatic heterocycles. The maximum Gasteiger partial charge on any atom is 0.280 e. The molecule has 0 amide bonds. The predicted octanol–water partition coefficient (Wildman–Crippen LogP) is 3.52. The van der Waals surface area contributed by atoms with E-state index in [2.05, 4.69) is 6.92 Å². The van der Waals surface area contributed by atoms with Crippen LogP contribution in [0.15, 0.2) is 36.4 Å².